The van der Waals surface area contributed by atoms with E-state index in [0.29, 0.717) is 23.7 Å². The lowest BCUT2D eigenvalue weighted by molar-refractivity contribution is 0.224. The van der Waals surface area contributed by atoms with Crippen molar-refractivity contribution in [3.8, 4) is 16.9 Å². The van der Waals surface area contributed by atoms with E-state index >= 15 is 0 Å². The molecule has 0 atom stereocenters. The highest BCUT2D eigenvalue weighted by Crippen LogP contribution is 2.33. The van der Waals surface area contributed by atoms with Crippen LogP contribution < -0.4 is 16.4 Å². The van der Waals surface area contributed by atoms with Crippen LogP contribution in [-0.2, 0) is 0 Å². The number of likely N-dealkylation sites (tertiary alicyclic amines) is 1. The number of nitrogen functional groups attached to an aromatic ring is 1. The SMILES string of the molecule is Nc1c(NC(=O)NCCN2CCCCC2)c(-c2ccccc2)nn1-c1ccccc1. The van der Waals surface area contributed by atoms with Crippen molar-refractivity contribution in [1.82, 2.24) is 20.0 Å². The first-order valence-electron chi connectivity index (χ1n) is 10.5. The van der Waals surface area contributed by atoms with Gasteiger partial charge in [0.15, 0.2) is 5.82 Å². The largest absolute Gasteiger partial charge is 0.382 e. The molecule has 1 aliphatic rings. The van der Waals surface area contributed by atoms with Crippen molar-refractivity contribution in [3.63, 3.8) is 0 Å². The molecule has 1 saturated heterocycles. The number of nitrogens with one attached hydrogen (secondary N) is 2. The molecular weight excluding hydrogens is 376 g/mol. The lowest BCUT2D eigenvalue weighted by atomic mass is 10.1. The molecule has 4 rings (SSSR count). The van der Waals surface area contributed by atoms with Crippen LogP contribution in [0.25, 0.3) is 16.9 Å². The first-order valence-corrected chi connectivity index (χ1v) is 10.5. The molecule has 156 valence electrons. The van der Waals surface area contributed by atoms with Crippen LogP contribution >= 0.6 is 0 Å². The van der Waals surface area contributed by atoms with E-state index in [1.807, 2.05) is 60.7 Å². The number of hydrogen-bond acceptors (Lipinski definition) is 4. The highest BCUT2D eigenvalue weighted by Gasteiger charge is 2.20. The van der Waals surface area contributed by atoms with Crippen molar-refractivity contribution in [2.45, 2.75) is 19.3 Å². The highest BCUT2D eigenvalue weighted by molar-refractivity contribution is 5.97. The standard InChI is InChI=1S/C23H28N6O/c24-22-21(26-23(30)25-14-17-28-15-8-3-9-16-28)20(18-10-4-1-5-11-18)27-29(22)19-12-6-2-7-13-19/h1-2,4-7,10-13H,3,8-9,14-17,24H2,(H2,25,26,30). The van der Waals surface area contributed by atoms with Gasteiger partial charge in [-0.25, -0.2) is 9.48 Å². The minimum Gasteiger partial charge on any atom is -0.382 e. The summed E-state index contributed by atoms with van der Waals surface area (Å²) in [6.07, 6.45) is 3.78. The molecule has 3 aromatic rings. The molecule has 0 unspecified atom stereocenters. The Balaban J connectivity index is 1.52. The second-order valence-corrected chi connectivity index (χ2v) is 7.51. The number of nitrogens with zero attached hydrogens (tertiary/aromatic N) is 3. The van der Waals surface area contributed by atoms with Gasteiger partial charge in [0.05, 0.1) is 5.69 Å². The Bertz CT molecular complexity index is 964. The third kappa shape index (κ3) is 4.63. The second-order valence-electron chi connectivity index (χ2n) is 7.51. The van der Waals surface area contributed by atoms with Gasteiger partial charge in [-0.1, -0.05) is 55.0 Å². The number of anilines is 2. The van der Waals surface area contributed by atoms with Crippen LogP contribution in [0.4, 0.5) is 16.3 Å². The molecule has 0 bridgehead atoms. The molecule has 0 aliphatic carbocycles. The van der Waals surface area contributed by atoms with Crippen molar-refractivity contribution in [2.24, 2.45) is 0 Å². The minimum atomic E-state index is -0.275. The summed E-state index contributed by atoms with van der Waals surface area (Å²) in [5.41, 5.74) is 9.30. The van der Waals surface area contributed by atoms with Crippen LogP contribution in [0.3, 0.4) is 0 Å². The fraction of sp³-hybridized carbons (Fsp3) is 0.304. The van der Waals surface area contributed by atoms with Gasteiger partial charge in [0.2, 0.25) is 0 Å². The number of aromatic nitrogens is 2. The quantitative estimate of drug-likeness (QED) is 0.584. The Morgan fingerprint density at radius 1 is 0.967 bits per heavy atom. The topological polar surface area (TPSA) is 88.2 Å². The van der Waals surface area contributed by atoms with Gasteiger partial charge >= 0.3 is 6.03 Å². The van der Waals surface area contributed by atoms with Crippen LogP contribution in [0.2, 0.25) is 0 Å². The molecule has 2 amide bonds. The summed E-state index contributed by atoms with van der Waals surface area (Å²) >= 11 is 0. The van der Waals surface area contributed by atoms with Crippen LogP contribution in [0, 0.1) is 0 Å². The monoisotopic (exact) mass is 404 g/mol. The van der Waals surface area contributed by atoms with E-state index in [9.17, 15) is 4.79 Å². The lowest BCUT2D eigenvalue weighted by Crippen LogP contribution is -2.39. The predicted octanol–water partition coefficient (Wildman–Crippen LogP) is 3.73. The van der Waals surface area contributed by atoms with E-state index in [-0.39, 0.29) is 6.03 Å². The number of urea groups is 1. The fourth-order valence-electron chi connectivity index (χ4n) is 3.79. The Kier molecular flexibility index (Phi) is 6.29. The fourth-order valence-corrected chi connectivity index (χ4v) is 3.79. The maximum absolute atomic E-state index is 12.6. The van der Waals surface area contributed by atoms with Crippen LogP contribution in [0.5, 0.6) is 0 Å². The Hall–Kier alpha value is -3.32. The predicted molar refractivity (Wildman–Crippen MR) is 121 cm³/mol. The van der Waals surface area contributed by atoms with Gasteiger partial charge in [0.1, 0.15) is 11.4 Å². The molecule has 4 N–H and O–H groups in total. The number of hydrogen-bond donors (Lipinski definition) is 3. The molecule has 1 aromatic heterocycles. The van der Waals surface area contributed by atoms with E-state index in [4.69, 9.17) is 10.8 Å². The molecule has 30 heavy (non-hydrogen) atoms. The Labute approximate surface area is 176 Å². The van der Waals surface area contributed by atoms with Crippen molar-refractivity contribution >= 4 is 17.5 Å². The van der Waals surface area contributed by atoms with Crippen molar-refractivity contribution < 1.29 is 4.79 Å². The smallest absolute Gasteiger partial charge is 0.319 e. The highest BCUT2D eigenvalue weighted by atomic mass is 16.2. The number of amides is 2. The van der Waals surface area contributed by atoms with Gasteiger partial charge in [-0.05, 0) is 38.1 Å². The maximum atomic E-state index is 12.6. The number of carbonyl (C=O) groups is 1. The average molecular weight is 405 g/mol. The van der Waals surface area contributed by atoms with Gasteiger partial charge in [-0.3, -0.25) is 0 Å². The molecule has 0 spiro atoms. The van der Waals surface area contributed by atoms with Gasteiger partial charge in [-0.2, -0.15) is 5.10 Å². The maximum Gasteiger partial charge on any atom is 0.319 e. The van der Waals surface area contributed by atoms with Crippen LogP contribution in [0.15, 0.2) is 60.7 Å². The number of para-hydroxylation sites is 1. The number of carbonyl (C=O) groups excluding carboxylic acids is 1. The molecule has 2 heterocycles. The number of benzene rings is 2. The third-order valence-electron chi connectivity index (χ3n) is 5.37. The summed E-state index contributed by atoms with van der Waals surface area (Å²) in [7, 11) is 0. The first kappa shape index (κ1) is 20.0. The summed E-state index contributed by atoms with van der Waals surface area (Å²) in [5, 5.41) is 10.6. The van der Waals surface area contributed by atoms with Gasteiger partial charge in [-0.15, -0.1) is 0 Å². The zero-order valence-electron chi connectivity index (χ0n) is 17.1. The van der Waals surface area contributed by atoms with Gasteiger partial charge < -0.3 is 21.3 Å². The number of nitrogens with two attached hydrogens (primary N) is 1. The molecular formula is C23H28N6O. The van der Waals surface area contributed by atoms with E-state index in [1.165, 1.54) is 19.3 Å². The van der Waals surface area contributed by atoms with Crippen LogP contribution in [-0.4, -0.2) is 46.9 Å². The van der Waals surface area contributed by atoms with Gasteiger partial charge in [0, 0.05) is 18.7 Å². The van der Waals surface area contributed by atoms with Crippen molar-refractivity contribution in [2.75, 3.05) is 37.2 Å². The van der Waals surface area contributed by atoms with Crippen LogP contribution in [0.1, 0.15) is 19.3 Å². The van der Waals surface area contributed by atoms with Crippen molar-refractivity contribution in [3.05, 3.63) is 60.7 Å². The summed E-state index contributed by atoms with van der Waals surface area (Å²) < 4.78 is 1.66. The van der Waals surface area contributed by atoms with Gasteiger partial charge in [0.25, 0.3) is 0 Å². The van der Waals surface area contributed by atoms with E-state index in [2.05, 4.69) is 15.5 Å². The molecule has 1 aliphatic heterocycles. The minimum absolute atomic E-state index is 0.275. The molecule has 7 heteroatoms. The second kappa shape index (κ2) is 9.45. The molecule has 0 radical (unpaired) electrons. The summed E-state index contributed by atoms with van der Waals surface area (Å²) in [6, 6.07) is 19.1. The number of piperidine rings is 1. The molecule has 1 fully saturated rings. The average Bonchev–Trinajstić information content (AvgIpc) is 3.12. The lowest BCUT2D eigenvalue weighted by Gasteiger charge is -2.26. The number of rotatable bonds is 6. The molecule has 2 aromatic carbocycles. The summed E-state index contributed by atoms with van der Waals surface area (Å²) in [5.74, 6) is 0.395. The van der Waals surface area contributed by atoms with Crippen molar-refractivity contribution in [1.29, 1.82) is 0 Å². The normalized spacial score (nSPS) is 14.4. The first-order chi connectivity index (χ1) is 14.7. The van der Waals surface area contributed by atoms with E-state index in [1.54, 1.807) is 4.68 Å². The van der Waals surface area contributed by atoms with E-state index < -0.39 is 0 Å². The zero-order valence-corrected chi connectivity index (χ0v) is 17.1. The summed E-state index contributed by atoms with van der Waals surface area (Å²) in [6.45, 7) is 3.67. The zero-order chi connectivity index (χ0) is 20.8. The van der Waals surface area contributed by atoms with E-state index in [0.717, 1.165) is 30.9 Å². The Morgan fingerprint density at radius 2 is 1.63 bits per heavy atom. The summed E-state index contributed by atoms with van der Waals surface area (Å²) in [4.78, 5) is 15.0. The molecule has 0 saturated carbocycles. The third-order valence-corrected chi connectivity index (χ3v) is 5.37. The Morgan fingerprint density at radius 3 is 2.33 bits per heavy atom. The molecule has 7 nitrogen and oxygen atoms in total.